The van der Waals surface area contributed by atoms with Crippen LogP contribution in [0.15, 0.2) is 18.5 Å². The number of nitrogens with zero attached hydrogens (tertiary/aromatic N) is 2. The first-order valence-corrected chi connectivity index (χ1v) is 4.05. The molecule has 1 aromatic heterocycles. The summed E-state index contributed by atoms with van der Waals surface area (Å²) in [6, 6.07) is 0. The molecular formula is C9H11N3. The van der Waals surface area contributed by atoms with Crippen LogP contribution in [0, 0.1) is 5.92 Å². The largest absolute Gasteiger partial charge is 0.397 e. The maximum atomic E-state index is 5.80. The molecule has 1 aliphatic rings. The Bertz CT molecular complexity index is 330. The van der Waals surface area contributed by atoms with Gasteiger partial charge in [-0.25, -0.2) is 0 Å². The van der Waals surface area contributed by atoms with E-state index >= 15 is 0 Å². The normalized spacial score (nSPS) is 21.4. The fourth-order valence-electron chi connectivity index (χ4n) is 1.51. The molecule has 0 saturated heterocycles. The predicted molar refractivity (Wildman–Crippen MR) is 47.1 cm³/mol. The highest BCUT2D eigenvalue weighted by molar-refractivity contribution is 5.63. The van der Waals surface area contributed by atoms with Crippen molar-refractivity contribution in [3.8, 4) is 0 Å². The molecular weight excluding hydrogens is 150 g/mol. The second kappa shape index (κ2) is 2.59. The van der Waals surface area contributed by atoms with Gasteiger partial charge in [0.15, 0.2) is 0 Å². The molecule has 0 saturated carbocycles. The number of hydrogen-bond donors (Lipinski definition) is 1. The Kier molecular flexibility index (Phi) is 1.57. The van der Waals surface area contributed by atoms with Crippen molar-refractivity contribution < 1.29 is 0 Å². The number of hydrogen-bond acceptors (Lipinski definition) is 3. The third kappa shape index (κ3) is 1.07. The van der Waals surface area contributed by atoms with E-state index in [1.807, 2.05) is 6.08 Å². The second-order valence-corrected chi connectivity index (χ2v) is 3.16. The van der Waals surface area contributed by atoms with E-state index in [2.05, 4.69) is 16.9 Å². The maximum absolute atomic E-state index is 5.80. The first-order valence-electron chi connectivity index (χ1n) is 4.05. The SMILES string of the molecule is CC1C=C(N)c2nccnc2C1. The highest BCUT2D eigenvalue weighted by atomic mass is 14.8. The van der Waals surface area contributed by atoms with E-state index in [1.165, 1.54) is 0 Å². The third-order valence-corrected chi connectivity index (χ3v) is 2.03. The lowest BCUT2D eigenvalue weighted by Crippen LogP contribution is -2.14. The van der Waals surface area contributed by atoms with Gasteiger partial charge in [-0.1, -0.05) is 13.0 Å². The highest BCUT2D eigenvalue weighted by Gasteiger charge is 2.16. The van der Waals surface area contributed by atoms with Crippen LogP contribution < -0.4 is 5.73 Å². The molecule has 2 rings (SSSR count). The van der Waals surface area contributed by atoms with E-state index in [0.29, 0.717) is 5.92 Å². The number of aromatic nitrogens is 2. The minimum Gasteiger partial charge on any atom is -0.397 e. The summed E-state index contributed by atoms with van der Waals surface area (Å²) in [5, 5.41) is 0. The van der Waals surface area contributed by atoms with Crippen LogP contribution in [0.3, 0.4) is 0 Å². The average Bonchev–Trinajstić information content (AvgIpc) is 2.04. The lowest BCUT2D eigenvalue weighted by atomic mass is 9.96. The van der Waals surface area contributed by atoms with Gasteiger partial charge in [-0.2, -0.15) is 0 Å². The Morgan fingerprint density at radius 2 is 2.17 bits per heavy atom. The Morgan fingerprint density at radius 3 is 3.00 bits per heavy atom. The summed E-state index contributed by atoms with van der Waals surface area (Å²) in [7, 11) is 0. The van der Waals surface area contributed by atoms with Gasteiger partial charge in [0.25, 0.3) is 0 Å². The summed E-state index contributed by atoms with van der Waals surface area (Å²) in [4.78, 5) is 8.42. The molecule has 1 atom stereocenters. The van der Waals surface area contributed by atoms with Gasteiger partial charge in [-0.05, 0) is 12.3 Å². The molecule has 0 bridgehead atoms. The summed E-state index contributed by atoms with van der Waals surface area (Å²) in [6.45, 7) is 2.13. The number of fused-ring (bicyclic) bond motifs is 1. The van der Waals surface area contributed by atoms with Crippen molar-refractivity contribution in [3.63, 3.8) is 0 Å². The van der Waals surface area contributed by atoms with E-state index in [4.69, 9.17) is 5.73 Å². The number of rotatable bonds is 0. The first-order chi connectivity index (χ1) is 5.77. The predicted octanol–water partition coefficient (Wildman–Crippen LogP) is 0.968. The fraction of sp³-hybridized carbons (Fsp3) is 0.333. The van der Waals surface area contributed by atoms with Crippen molar-refractivity contribution in [1.82, 2.24) is 9.97 Å². The smallest absolute Gasteiger partial charge is 0.107 e. The quantitative estimate of drug-likeness (QED) is 0.616. The van der Waals surface area contributed by atoms with Gasteiger partial charge in [0, 0.05) is 12.4 Å². The third-order valence-electron chi connectivity index (χ3n) is 2.03. The first kappa shape index (κ1) is 7.28. The van der Waals surface area contributed by atoms with E-state index in [9.17, 15) is 0 Å². The van der Waals surface area contributed by atoms with Gasteiger partial charge < -0.3 is 5.73 Å². The molecule has 12 heavy (non-hydrogen) atoms. The molecule has 0 aromatic carbocycles. The standard InChI is InChI=1S/C9H11N3/c1-6-4-7(10)9-8(5-6)11-2-3-12-9/h2-4,6H,5,10H2,1H3. The molecule has 3 heteroatoms. The fourth-order valence-corrected chi connectivity index (χ4v) is 1.51. The molecule has 1 aliphatic carbocycles. The van der Waals surface area contributed by atoms with Gasteiger partial charge in [0.05, 0.1) is 11.4 Å². The van der Waals surface area contributed by atoms with Gasteiger partial charge in [-0.15, -0.1) is 0 Å². The van der Waals surface area contributed by atoms with Gasteiger partial charge >= 0.3 is 0 Å². The monoisotopic (exact) mass is 161 g/mol. The Balaban J connectivity index is 2.53. The zero-order valence-corrected chi connectivity index (χ0v) is 6.99. The van der Waals surface area contributed by atoms with Gasteiger partial charge in [-0.3, -0.25) is 9.97 Å². The van der Waals surface area contributed by atoms with Crippen molar-refractivity contribution in [3.05, 3.63) is 29.9 Å². The molecule has 2 N–H and O–H groups in total. The highest BCUT2D eigenvalue weighted by Crippen LogP contribution is 2.21. The van der Waals surface area contributed by atoms with Crippen molar-refractivity contribution >= 4 is 5.70 Å². The van der Waals surface area contributed by atoms with Crippen LogP contribution in [0.25, 0.3) is 5.70 Å². The lowest BCUT2D eigenvalue weighted by Gasteiger charge is -2.16. The summed E-state index contributed by atoms with van der Waals surface area (Å²) in [6.07, 6.45) is 6.38. The van der Waals surface area contributed by atoms with E-state index in [1.54, 1.807) is 12.4 Å². The summed E-state index contributed by atoms with van der Waals surface area (Å²) in [5.41, 5.74) is 8.43. The van der Waals surface area contributed by atoms with E-state index < -0.39 is 0 Å². The van der Waals surface area contributed by atoms with Crippen molar-refractivity contribution in [2.45, 2.75) is 13.3 Å². The van der Waals surface area contributed by atoms with Crippen molar-refractivity contribution in [2.24, 2.45) is 11.7 Å². The molecule has 1 heterocycles. The molecule has 0 spiro atoms. The molecule has 0 fully saturated rings. The molecule has 62 valence electrons. The Morgan fingerprint density at radius 1 is 1.42 bits per heavy atom. The van der Waals surface area contributed by atoms with Crippen LogP contribution in [-0.4, -0.2) is 9.97 Å². The minimum absolute atomic E-state index is 0.481. The Hall–Kier alpha value is -1.38. The Labute approximate surface area is 71.3 Å². The molecule has 1 unspecified atom stereocenters. The zero-order valence-electron chi connectivity index (χ0n) is 6.99. The number of nitrogens with two attached hydrogens (primary N) is 1. The molecule has 0 amide bonds. The second-order valence-electron chi connectivity index (χ2n) is 3.16. The summed E-state index contributed by atoms with van der Waals surface area (Å²) in [5.74, 6) is 0.481. The van der Waals surface area contributed by atoms with Gasteiger partial charge in [0.2, 0.25) is 0 Å². The van der Waals surface area contributed by atoms with Crippen LogP contribution in [0.5, 0.6) is 0 Å². The average molecular weight is 161 g/mol. The van der Waals surface area contributed by atoms with E-state index in [-0.39, 0.29) is 0 Å². The minimum atomic E-state index is 0.481. The van der Waals surface area contributed by atoms with Crippen LogP contribution in [0.1, 0.15) is 18.3 Å². The molecule has 1 aromatic rings. The zero-order chi connectivity index (χ0) is 8.55. The summed E-state index contributed by atoms with van der Waals surface area (Å²) >= 11 is 0. The van der Waals surface area contributed by atoms with Gasteiger partial charge in [0.1, 0.15) is 5.69 Å². The van der Waals surface area contributed by atoms with E-state index in [0.717, 1.165) is 23.5 Å². The topological polar surface area (TPSA) is 51.8 Å². The van der Waals surface area contributed by atoms with Crippen LogP contribution in [0.4, 0.5) is 0 Å². The molecule has 3 nitrogen and oxygen atoms in total. The van der Waals surface area contributed by atoms with Crippen molar-refractivity contribution in [1.29, 1.82) is 0 Å². The molecule has 0 aliphatic heterocycles. The lowest BCUT2D eigenvalue weighted by molar-refractivity contribution is 0.687. The summed E-state index contributed by atoms with van der Waals surface area (Å²) < 4.78 is 0. The van der Waals surface area contributed by atoms with Crippen molar-refractivity contribution in [2.75, 3.05) is 0 Å². The van der Waals surface area contributed by atoms with Crippen LogP contribution >= 0.6 is 0 Å². The van der Waals surface area contributed by atoms with Crippen LogP contribution in [0.2, 0.25) is 0 Å². The molecule has 0 radical (unpaired) electrons. The number of allylic oxidation sites excluding steroid dienone is 1. The van der Waals surface area contributed by atoms with Crippen LogP contribution in [-0.2, 0) is 6.42 Å². The maximum Gasteiger partial charge on any atom is 0.107 e.